The van der Waals surface area contributed by atoms with Crippen molar-refractivity contribution in [3.8, 4) is 0 Å². The van der Waals surface area contributed by atoms with Crippen LogP contribution in [0.2, 0.25) is 0 Å². The topological polar surface area (TPSA) is 83.0 Å². The van der Waals surface area contributed by atoms with Crippen molar-refractivity contribution >= 4 is 37.1 Å². The first-order chi connectivity index (χ1) is 16.3. The molecule has 0 N–H and O–H groups in total. The van der Waals surface area contributed by atoms with Gasteiger partial charge >= 0.3 is 19.5 Å². The smallest absolute Gasteiger partial charge is 0.780 e. The van der Waals surface area contributed by atoms with Crippen LogP contribution in [0.3, 0.4) is 0 Å². The van der Waals surface area contributed by atoms with Crippen LogP contribution < -0.4 is 9.79 Å². The molecule has 0 amide bonds. The Kier molecular flexibility index (Phi) is 16.3. The molecule has 0 bridgehead atoms. The van der Waals surface area contributed by atoms with E-state index in [0.717, 1.165) is 103 Å². The third-order valence-corrected chi connectivity index (χ3v) is 10.6. The predicted molar refractivity (Wildman–Crippen MR) is 140 cm³/mol. The van der Waals surface area contributed by atoms with E-state index in [1.807, 2.05) is 0 Å². The standard InChI is InChI=1S/2C12H23O3PS.Zn/c2*13-16(17,14-11-7-3-1-4-8-11)15-12-9-5-2-6-10-12;/h2*11-12H,1-10H2,(H,13,17);/q;;+2/p-2. The molecule has 0 aliphatic heterocycles. The van der Waals surface area contributed by atoms with Gasteiger partial charge in [0.15, 0.2) is 0 Å². The van der Waals surface area contributed by atoms with Crippen LogP contribution in [0.1, 0.15) is 128 Å². The summed E-state index contributed by atoms with van der Waals surface area (Å²) in [4.78, 5) is 24.2. The molecule has 4 rings (SSSR count). The molecule has 4 aliphatic carbocycles. The first kappa shape index (κ1) is 32.9. The zero-order valence-corrected chi connectivity index (χ0v) is 27.7. The van der Waals surface area contributed by atoms with Crippen molar-refractivity contribution in [3.05, 3.63) is 0 Å². The molecule has 4 saturated carbocycles. The van der Waals surface area contributed by atoms with E-state index in [9.17, 15) is 9.79 Å². The summed E-state index contributed by atoms with van der Waals surface area (Å²) in [5.41, 5.74) is 0. The fourth-order valence-electron chi connectivity index (χ4n) is 5.46. The Morgan fingerprint density at radius 1 is 0.400 bits per heavy atom. The maximum absolute atomic E-state index is 12.1. The van der Waals surface area contributed by atoms with Crippen LogP contribution in [0.4, 0.5) is 0 Å². The normalized spacial score (nSPS) is 24.3. The molecule has 200 valence electrons. The molecule has 35 heavy (non-hydrogen) atoms. The van der Waals surface area contributed by atoms with Gasteiger partial charge < -0.3 is 27.9 Å². The van der Waals surface area contributed by atoms with E-state index in [1.54, 1.807) is 0 Å². The molecule has 0 unspecified atom stereocenters. The fraction of sp³-hybridized carbons (Fsp3) is 1.00. The van der Waals surface area contributed by atoms with Crippen LogP contribution in [-0.4, -0.2) is 24.4 Å². The van der Waals surface area contributed by atoms with Gasteiger partial charge in [-0.1, -0.05) is 101 Å². The van der Waals surface area contributed by atoms with Gasteiger partial charge in [0.25, 0.3) is 0 Å². The SMILES string of the molecule is [O-]P(=S)(OC1CCCCC1)OC1CCCCC1.[O-]P(=S)(OC1CCCCC1)OC1CCCCC1.[Zn+2]. The maximum atomic E-state index is 12.1. The van der Waals surface area contributed by atoms with Gasteiger partial charge in [0.05, 0.1) is 24.4 Å². The molecule has 0 aromatic rings. The Labute approximate surface area is 236 Å². The van der Waals surface area contributed by atoms with Gasteiger partial charge in [0.1, 0.15) is 13.4 Å². The summed E-state index contributed by atoms with van der Waals surface area (Å²) in [6.45, 7) is -6.49. The van der Waals surface area contributed by atoms with Crippen molar-refractivity contribution in [1.82, 2.24) is 0 Å². The van der Waals surface area contributed by atoms with E-state index < -0.39 is 13.4 Å². The first-order valence-electron chi connectivity index (χ1n) is 13.7. The van der Waals surface area contributed by atoms with Crippen LogP contribution in [0.25, 0.3) is 0 Å². The summed E-state index contributed by atoms with van der Waals surface area (Å²) >= 11 is 10.0. The van der Waals surface area contributed by atoms with E-state index in [4.69, 9.17) is 41.7 Å². The second-order valence-corrected chi connectivity index (χ2v) is 15.7. The Balaban J connectivity index is 0.000000240. The van der Waals surface area contributed by atoms with Gasteiger partial charge in [-0.25, -0.2) is 0 Å². The third-order valence-electron chi connectivity index (χ3n) is 7.32. The van der Waals surface area contributed by atoms with Gasteiger partial charge in [0.2, 0.25) is 0 Å². The Morgan fingerprint density at radius 2 is 0.571 bits per heavy atom. The van der Waals surface area contributed by atoms with Crippen LogP contribution in [0.5, 0.6) is 0 Å². The molecule has 0 heterocycles. The maximum Gasteiger partial charge on any atom is 2.00 e. The molecule has 11 heteroatoms. The molecular formula is C24H44O6P2S2Zn. The molecule has 4 aliphatic rings. The molecule has 6 nitrogen and oxygen atoms in total. The van der Waals surface area contributed by atoms with E-state index in [2.05, 4.69) is 0 Å². The van der Waals surface area contributed by atoms with E-state index >= 15 is 0 Å². The van der Waals surface area contributed by atoms with Crippen molar-refractivity contribution in [2.24, 2.45) is 0 Å². The predicted octanol–water partition coefficient (Wildman–Crippen LogP) is 6.54. The largest absolute Gasteiger partial charge is 2.00 e. The van der Waals surface area contributed by atoms with Crippen LogP contribution >= 0.6 is 13.4 Å². The molecule has 0 spiro atoms. The van der Waals surface area contributed by atoms with Crippen LogP contribution in [-0.2, 0) is 61.2 Å². The van der Waals surface area contributed by atoms with E-state index in [1.165, 1.54) is 25.7 Å². The summed E-state index contributed by atoms with van der Waals surface area (Å²) in [5, 5.41) is 0. The Bertz CT molecular complexity index is 560. The van der Waals surface area contributed by atoms with Gasteiger partial charge in [-0.05, 0) is 51.4 Å². The number of hydrogen-bond acceptors (Lipinski definition) is 8. The fourth-order valence-corrected chi connectivity index (χ4v) is 9.33. The number of rotatable bonds is 8. The first-order valence-corrected chi connectivity index (χ1v) is 18.8. The van der Waals surface area contributed by atoms with Crippen molar-refractivity contribution in [2.45, 2.75) is 153 Å². The average Bonchev–Trinajstić information content (AvgIpc) is 2.81. The van der Waals surface area contributed by atoms with Crippen LogP contribution in [0, 0.1) is 0 Å². The summed E-state index contributed by atoms with van der Waals surface area (Å²) in [7, 11) is 0. The van der Waals surface area contributed by atoms with Gasteiger partial charge in [0, 0.05) is 0 Å². The minimum absolute atomic E-state index is 0. The monoisotopic (exact) mass is 618 g/mol. The van der Waals surface area contributed by atoms with Crippen LogP contribution in [0.15, 0.2) is 0 Å². The molecule has 0 saturated heterocycles. The van der Waals surface area contributed by atoms with Crippen molar-refractivity contribution in [1.29, 1.82) is 0 Å². The zero-order chi connectivity index (χ0) is 24.3. The minimum atomic E-state index is -3.25. The summed E-state index contributed by atoms with van der Waals surface area (Å²) in [6.07, 6.45) is 22.4. The van der Waals surface area contributed by atoms with Crippen molar-refractivity contribution in [2.75, 3.05) is 0 Å². The third kappa shape index (κ3) is 14.0. The molecule has 0 aromatic carbocycles. The van der Waals surface area contributed by atoms with Gasteiger partial charge in [-0.15, -0.1) is 0 Å². The van der Waals surface area contributed by atoms with Crippen molar-refractivity contribution < 1.29 is 47.4 Å². The Morgan fingerprint density at radius 3 is 0.743 bits per heavy atom. The summed E-state index contributed by atoms with van der Waals surface area (Å²) in [5.74, 6) is 0. The van der Waals surface area contributed by atoms with E-state index in [0.29, 0.717) is 0 Å². The molecule has 0 radical (unpaired) electrons. The Hall–Kier alpha value is 1.68. The molecule has 0 atom stereocenters. The summed E-state index contributed by atoms with van der Waals surface area (Å²) in [6, 6.07) is 0. The summed E-state index contributed by atoms with van der Waals surface area (Å²) < 4.78 is 22.1. The minimum Gasteiger partial charge on any atom is -0.780 e. The van der Waals surface area contributed by atoms with Gasteiger partial charge in [-0.2, -0.15) is 0 Å². The van der Waals surface area contributed by atoms with Gasteiger partial charge in [-0.3, -0.25) is 0 Å². The molecular weight excluding hydrogens is 576 g/mol. The molecule has 0 aromatic heterocycles. The average molecular weight is 620 g/mol. The second-order valence-electron chi connectivity index (χ2n) is 10.4. The molecule has 4 fully saturated rings. The van der Waals surface area contributed by atoms with Crippen molar-refractivity contribution in [3.63, 3.8) is 0 Å². The second kappa shape index (κ2) is 17.4. The quantitative estimate of drug-likeness (QED) is 0.224. The number of hydrogen-bond donors (Lipinski definition) is 0. The van der Waals surface area contributed by atoms with E-state index in [-0.39, 0.29) is 43.9 Å². The zero-order valence-electron chi connectivity index (χ0n) is 21.3.